The summed E-state index contributed by atoms with van der Waals surface area (Å²) < 4.78 is 0. The fraction of sp³-hybridized carbons (Fsp3) is 0.500. The predicted octanol–water partition coefficient (Wildman–Crippen LogP) is 0.839. The molecule has 0 amide bonds. The molecule has 0 aromatic heterocycles. The van der Waals surface area contributed by atoms with Crippen LogP contribution >= 0.6 is 0 Å². The molecule has 8 heavy (non-hydrogen) atoms. The summed E-state index contributed by atoms with van der Waals surface area (Å²) in [6, 6.07) is 1.99. The molecule has 0 aliphatic heterocycles. The molecule has 0 saturated heterocycles. The maximum Gasteiger partial charge on any atom is 0.0624 e. The zero-order valence-corrected chi connectivity index (χ0v) is 4.67. The maximum atomic E-state index is 8.20. The number of nitriles is 1. The number of allylic oxidation sites excluding steroid dienone is 1. The van der Waals surface area contributed by atoms with E-state index in [1.54, 1.807) is 12.2 Å². The van der Waals surface area contributed by atoms with Crippen molar-refractivity contribution in [2.24, 2.45) is 0 Å². The van der Waals surface area contributed by atoms with Gasteiger partial charge in [-0.3, -0.25) is 0 Å². The van der Waals surface area contributed by atoms with Crippen LogP contribution in [0.1, 0.15) is 12.8 Å². The van der Waals surface area contributed by atoms with E-state index in [-0.39, 0.29) is 6.61 Å². The molecule has 2 heteroatoms. The highest BCUT2D eigenvalue weighted by molar-refractivity contribution is 4.84. The van der Waals surface area contributed by atoms with E-state index in [1.807, 2.05) is 6.07 Å². The van der Waals surface area contributed by atoms with Crippen molar-refractivity contribution in [1.29, 1.82) is 5.26 Å². The number of aliphatic hydroxyl groups excluding tert-OH is 1. The lowest BCUT2D eigenvalue weighted by Crippen LogP contribution is -1.70. The molecule has 0 spiro atoms. The molecule has 0 rings (SSSR count). The summed E-state index contributed by atoms with van der Waals surface area (Å²) in [7, 11) is 0. The van der Waals surface area contributed by atoms with Gasteiger partial charge in [-0.05, 0) is 6.42 Å². The molecule has 0 radical (unpaired) electrons. The summed E-state index contributed by atoms with van der Waals surface area (Å²) in [5, 5.41) is 16.2. The highest BCUT2D eigenvalue weighted by Crippen LogP contribution is 1.86. The summed E-state index contributed by atoms with van der Waals surface area (Å²) in [6.07, 6.45) is 4.72. The van der Waals surface area contributed by atoms with E-state index in [2.05, 4.69) is 0 Å². The summed E-state index contributed by atoms with van der Waals surface area (Å²) in [6.45, 7) is 0.0748. The number of aliphatic hydroxyl groups is 1. The fourth-order valence-electron chi connectivity index (χ4n) is 0.340. The van der Waals surface area contributed by atoms with Crippen molar-refractivity contribution in [3.8, 4) is 6.07 Å². The van der Waals surface area contributed by atoms with E-state index < -0.39 is 0 Å². The van der Waals surface area contributed by atoms with E-state index in [0.29, 0.717) is 6.42 Å². The first kappa shape index (κ1) is 7.19. The largest absolute Gasteiger partial charge is 0.392 e. The average Bonchev–Trinajstić information content (AvgIpc) is 1.81. The Morgan fingerprint density at radius 1 is 1.50 bits per heavy atom. The smallest absolute Gasteiger partial charge is 0.0624 e. The Balaban J connectivity index is 2.94. The third-order valence-corrected chi connectivity index (χ3v) is 0.695. The molecule has 0 aliphatic rings. The van der Waals surface area contributed by atoms with Crippen LogP contribution in [-0.2, 0) is 0 Å². The third kappa shape index (κ3) is 5.19. The van der Waals surface area contributed by atoms with Crippen LogP contribution in [0.15, 0.2) is 12.2 Å². The predicted molar refractivity (Wildman–Crippen MR) is 31.1 cm³/mol. The molecule has 0 unspecified atom stereocenters. The number of rotatable bonds is 3. The van der Waals surface area contributed by atoms with Gasteiger partial charge >= 0.3 is 0 Å². The Morgan fingerprint density at radius 2 is 2.25 bits per heavy atom. The van der Waals surface area contributed by atoms with Gasteiger partial charge in [0.05, 0.1) is 12.7 Å². The van der Waals surface area contributed by atoms with Crippen molar-refractivity contribution >= 4 is 0 Å². The molecular formula is C6H9NO. The molecule has 0 aromatic carbocycles. The normalized spacial score (nSPS) is 9.50. The van der Waals surface area contributed by atoms with Crippen LogP contribution in [-0.4, -0.2) is 11.7 Å². The fourth-order valence-corrected chi connectivity index (χ4v) is 0.340. The second kappa shape index (κ2) is 6.19. The van der Waals surface area contributed by atoms with Crippen molar-refractivity contribution in [3.63, 3.8) is 0 Å². The topological polar surface area (TPSA) is 44.0 Å². The van der Waals surface area contributed by atoms with Gasteiger partial charge in [-0.15, -0.1) is 0 Å². The standard InChI is InChI=1S/C6H9NO/c7-5-3-1-2-4-6-8/h2,4,8H,1,3,6H2. The van der Waals surface area contributed by atoms with Crippen LogP contribution in [0, 0.1) is 11.3 Å². The lowest BCUT2D eigenvalue weighted by Gasteiger charge is -1.78. The van der Waals surface area contributed by atoms with Crippen molar-refractivity contribution in [3.05, 3.63) is 12.2 Å². The highest BCUT2D eigenvalue weighted by atomic mass is 16.2. The average molecular weight is 111 g/mol. The van der Waals surface area contributed by atoms with Crippen molar-refractivity contribution < 1.29 is 5.11 Å². The number of hydrogen-bond donors (Lipinski definition) is 1. The molecule has 0 aliphatic carbocycles. The van der Waals surface area contributed by atoms with E-state index in [0.717, 1.165) is 6.42 Å². The van der Waals surface area contributed by atoms with Crippen molar-refractivity contribution in [2.45, 2.75) is 12.8 Å². The molecule has 0 atom stereocenters. The minimum Gasteiger partial charge on any atom is -0.392 e. The Morgan fingerprint density at radius 3 is 2.75 bits per heavy atom. The van der Waals surface area contributed by atoms with Gasteiger partial charge in [0.25, 0.3) is 0 Å². The van der Waals surface area contributed by atoms with E-state index in [4.69, 9.17) is 10.4 Å². The lowest BCUT2D eigenvalue weighted by molar-refractivity contribution is 0.342. The first-order valence-corrected chi connectivity index (χ1v) is 2.54. The second-order valence-electron chi connectivity index (χ2n) is 1.35. The zero-order valence-electron chi connectivity index (χ0n) is 4.67. The first-order chi connectivity index (χ1) is 3.91. The molecule has 44 valence electrons. The van der Waals surface area contributed by atoms with Crippen molar-refractivity contribution in [1.82, 2.24) is 0 Å². The van der Waals surface area contributed by atoms with Crippen LogP contribution in [0.3, 0.4) is 0 Å². The second-order valence-corrected chi connectivity index (χ2v) is 1.35. The molecular weight excluding hydrogens is 102 g/mol. The van der Waals surface area contributed by atoms with Gasteiger partial charge in [0.2, 0.25) is 0 Å². The van der Waals surface area contributed by atoms with Gasteiger partial charge in [-0.1, -0.05) is 12.2 Å². The van der Waals surface area contributed by atoms with Gasteiger partial charge in [-0.25, -0.2) is 0 Å². The van der Waals surface area contributed by atoms with Crippen LogP contribution in [0.2, 0.25) is 0 Å². The van der Waals surface area contributed by atoms with Crippen molar-refractivity contribution in [2.75, 3.05) is 6.61 Å². The molecule has 1 N–H and O–H groups in total. The van der Waals surface area contributed by atoms with Gasteiger partial charge in [0.1, 0.15) is 0 Å². The Bertz CT molecular complexity index is 102. The minimum absolute atomic E-state index is 0.0748. The number of hydrogen-bond acceptors (Lipinski definition) is 2. The monoisotopic (exact) mass is 111 g/mol. The van der Waals surface area contributed by atoms with Crippen LogP contribution < -0.4 is 0 Å². The Labute approximate surface area is 49.1 Å². The molecule has 0 saturated carbocycles. The molecule has 0 heterocycles. The number of unbranched alkanes of at least 4 members (excludes halogenated alkanes) is 1. The SMILES string of the molecule is N#CCCC=CCO. The highest BCUT2D eigenvalue weighted by Gasteiger charge is 1.73. The molecule has 0 bridgehead atoms. The first-order valence-electron chi connectivity index (χ1n) is 2.54. The molecule has 0 aromatic rings. The quantitative estimate of drug-likeness (QED) is 0.433. The van der Waals surface area contributed by atoms with Gasteiger partial charge < -0.3 is 5.11 Å². The molecule has 2 nitrogen and oxygen atoms in total. The van der Waals surface area contributed by atoms with E-state index in [9.17, 15) is 0 Å². The van der Waals surface area contributed by atoms with Crippen LogP contribution in [0.4, 0.5) is 0 Å². The third-order valence-electron chi connectivity index (χ3n) is 0.695. The van der Waals surface area contributed by atoms with Gasteiger partial charge in [0, 0.05) is 6.42 Å². The summed E-state index contributed by atoms with van der Waals surface area (Å²) in [4.78, 5) is 0. The van der Waals surface area contributed by atoms with Crippen LogP contribution in [0.25, 0.3) is 0 Å². The van der Waals surface area contributed by atoms with Gasteiger partial charge in [0.15, 0.2) is 0 Å². The minimum atomic E-state index is 0.0748. The maximum absolute atomic E-state index is 8.20. The Kier molecular flexibility index (Phi) is 5.56. The van der Waals surface area contributed by atoms with E-state index >= 15 is 0 Å². The Hall–Kier alpha value is -0.810. The number of nitrogens with zero attached hydrogens (tertiary/aromatic N) is 1. The van der Waals surface area contributed by atoms with E-state index in [1.165, 1.54) is 0 Å². The molecule has 0 fully saturated rings. The lowest BCUT2D eigenvalue weighted by atomic mass is 10.3. The zero-order chi connectivity index (χ0) is 6.24. The summed E-state index contributed by atoms with van der Waals surface area (Å²) in [5.74, 6) is 0. The van der Waals surface area contributed by atoms with Gasteiger partial charge in [-0.2, -0.15) is 5.26 Å². The van der Waals surface area contributed by atoms with Crippen LogP contribution in [0.5, 0.6) is 0 Å². The summed E-state index contributed by atoms with van der Waals surface area (Å²) >= 11 is 0. The summed E-state index contributed by atoms with van der Waals surface area (Å²) in [5.41, 5.74) is 0.